The second kappa shape index (κ2) is 7.96. The van der Waals surface area contributed by atoms with Crippen molar-refractivity contribution >= 4 is 11.6 Å². The quantitative estimate of drug-likeness (QED) is 0.821. The third-order valence-corrected chi connectivity index (χ3v) is 3.51. The average molecular weight is 301 g/mol. The topological polar surface area (TPSA) is 29.3 Å². The Hall–Kier alpha value is -0.640. The molecule has 2 nitrogen and oxygen atoms in total. The van der Waals surface area contributed by atoms with Gasteiger partial charge in [0, 0.05) is 30.7 Å². The van der Waals surface area contributed by atoms with E-state index in [-0.39, 0.29) is 11.9 Å². The molecule has 0 aliphatic heterocycles. The maximum Gasteiger partial charge on any atom is 0.124 e. The number of halogens is 2. The molecule has 0 aliphatic carbocycles. The van der Waals surface area contributed by atoms with E-state index in [0.29, 0.717) is 23.4 Å². The summed E-state index contributed by atoms with van der Waals surface area (Å²) >= 11 is 6.20. The van der Waals surface area contributed by atoms with E-state index in [1.807, 2.05) is 0 Å². The Morgan fingerprint density at radius 2 is 1.70 bits per heavy atom. The third-order valence-electron chi connectivity index (χ3n) is 3.18. The molecule has 2 N–H and O–H groups in total. The molecule has 1 atom stereocenters. The third kappa shape index (κ3) is 5.04. The van der Waals surface area contributed by atoms with Gasteiger partial charge in [-0.15, -0.1) is 0 Å². The standard InChI is InChI=1S/C16H26ClFN2/c1-11(2)9-20(10-12(3)4)16(8-19)14-6-5-13(18)7-15(14)17/h5-7,11-12,16H,8-10,19H2,1-4H3. The molecule has 0 saturated carbocycles. The Kier molecular flexibility index (Phi) is 6.93. The van der Waals surface area contributed by atoms with Crippen LogP contribution in [0.15, 0.2) is 18.2 Å². The van der Waals surface area contributed by atoms with Crippen LogP contribution in [0.4, 0.5) is 4.39 Å². The van der Waals surface area contributed by atoms with Crippen molar-refractivity contribution in [2.75, 3.05) is 19.6 Å². The number of nitrogens with two attached hydrogens (primary N) is 1. The fraction of sp³-hybridized carbons (Fsp3) is 0.625. The van der Waals surface area contributed by atoms with Crippen molar-refractivity contribution in [2.24, 2.45) is 17.6 Å². The van der Waals surface area contributed by atoms with Crippen LogP contribution in [0, 0.1) is 17.7 Å². The van der Waals surface area contributed by atoms with Crippen LogP contribution >= 0.6 is 11.6 Å². The first-order valence-electron chi connectivity index (χ1n) is 7.24. The van der Waals surface area contributed by atoms with E-state index in [9.17, 15) is 4.39 Å². The molecule has 0 saturated heterocycles. The minimum atomic E-state index is -0.311. The van der Waals surface area contributed by atoms with Gasteiger partial charge in [0.05, 0.1) is 0 Å². The van der Waals surface area contributed by atoms with Crippen LogP contribution in [0.1, 0.15) is 39.3 Å². The number of rotatable bonds is 7. The van der Waals surface area contributed by atoms with Gasteiger partial charge in [-0.3, -0.25) is 4.90 Å². The van der Waals surface area contributed by atoms with Gasteiger partial charge in [-0.05, 0) is 29.5 Å². The van der Waals surface area contributed by atoms with Crippen LogP contribution in [-0.4, -0.2) is 24.5 Å². The lowest BCUT2D eigenvalue weighted by Gasteiger charge is -2.34. The number of benzene rings is 1. The van der Waals surface area contributed by atoms with E-state index in [4.69, 9.17) is 17.3 Å². The van der Waals surface area contributed by atoms with Gasteiger partial charge in [0.2, 0.25) is 0 Å². The molecule has 1 rings (SSSR count). The summed E-state index contributed by atoms with van der Waals surface area (Å²) in [4.78, 5) is 2.36. The van der Waals surface area contributed by atoms with Gasteiger partial charge in [0.25, 0.3) is 0 Å². The normalized spacial score (nSPS) is 13.5. The van der Waals surface area contributed by atoms with Crippen LogP contribution in [-0.2, 0) is 0 Å². The zero-order chi connectivity index (χ0) is 15.3. The van der Waals surface area contributed by atoms with Gasteiger partial charge < -0.3 is 5.73 Å². The zero-order valence-electron chi connectivity index (χ0n) is 12.9. The lowest BCUT2D eigenvalue weighted by molar-refractivity contribution is 0.160. The molecule has 1 unspecified atom stereocenters. The summed E-state index contributed by atoms with van der Waals surface area (Å²) < 4.78 is 13.2. The maximum absolute atomic E-state index is 13.2. The van der Waals surface area contributed by atoms with E-state index in [0.717, 1.165) is 18.7 Å². The summed E-state index contributed by atoms with van der Waals surface area (Å²) in [6.07, 6.45) is 0. The van der Waals surface area contributed by atoms with Gasteiger partial charge in [-0.25, -0.2) is 4.39 Å². The molecule has 0 spiro atoms. The van der Waals surface area contributed by atoms with Crippen LogP contribution in [0.3, 0.4) is 0 Å². The Morgan fingerprint density at radius 1 is 1.15 bits per heavy atom. The highest BCUT2D eigenvalue weighted by Gasteiger charge is 2.23. The van der Waals surface area contributed by atoms with Gasteiger partial charge in [-0.1, -0.05) is 45.4 Å². The van der Waals surface area contributed by atoms with Crippen molar-refractivity contribution in [2.45, 2.75) is 33.7 Å². The second-order valence-corrected chi connectivity index (χ2v) is 6.57. The fourth-order valence-electron chi connectivity index (χ4n) is 2.51. The first kappa shape index (κ1) is 17.4. The summed E-state index contributed by atoms with van der Waals surface area (Å²) in [7, 11) is 0. The van der Waals surface area contributed by atoms with Crippen LogP contribution in [0.2, 0.25) is 5.02 Å². The Morgan fingerprint density at radius 3 is 2.10 bits per heavy atom. The van der Waals surface area contributed by atoms with Crippen molar-refractivity contribution in [1.82, 2.24) is 4.90 Å². The average Bonchev–Trinajstić information content (AvgIpc) is 2.31. The van der Waals surface area contributed by atoms with Crippen molar-refractivity contribution in [3.63, 3.8) is 0 Å². The highest BCUT2D eigenvalue weighted by Crippen LogP contribution is 2.29. The van der Waals surface area contributed by atoms with Crippen LogP contribution in [0.5, 0.6) is 0 Å². The maximum atomic E-state index is 13.2. The second-order valence-electron chi connectivity index (χ2n) is 6.16. The van der Waals surface area contributed by atoms with Crippen LogP contribution < -0.4 is 5.73 Å². The van der Waals surface area contributed by atoms with E-state index in [1.54, 1.807) is 6.07 Å². The molecule has 0 aliphatic rings. The molecule has 4 heteroatoms. The monoisotopic (exact) mass is 300 g/mol. The first-order chi connectivity index (χ1) is 9.35. The number of hydrogen-bond acceptors (Lipinski definition) is 2. The van der Waals surface area contributed by atoms with E-state index >= 15 is 0 Å². The van der Waals surface area contributed by atoms with Gasteiger partial charge in [-0.2, -0.15) is 0 Å². The molecule has 1 aromatic carbocycles. The molecule has 0 aromatic heterocycles. The molecule has 20 heavy (non-hydrogen) atoms. The van der Waals surface area contributed by atoms with Gasteiger partial charge >= 0.3 is 0 Å². The SMILES string of the molecule is CC(C)CN(CC(C)C)C(CN)c1ccc(F)cc1Cl. The molecular formula is C16H26ClFN2. The van der Waals surface area contributed by atoms with Crippen LogP contribution in [0.25, 0.3) is 0 Å². The zero-order valence-corrected chi connectivity index (χ0v) is 13.6. The Bertz CT molecular complexity index is 411. The highest BCUT2D eigenvalue weighted by molar-refractivity contribution is 6.31. The summed E-state index contributed by atoms with van der Waals surface area (Å²) in [5.41, 5.74) is 6.88. The molecule has 1 aromatic rings. The lowest BCUT2D eigenvalue weighted by Crippen LogP contribution is -2.38. The molecule has 114 valence electrons. The van der Waals surface area contributed by atoms with Crippen molar-refractivity contribution in [1.29, 1.82) is 0 Å². The lowest BCUT2D eigenvalue weighted by atomic mass is 10.0. The Balaban J connectivity index is 3.04. The van der Waals surface area contributed by atoms with Gasteiger partial charge in [0.1, 0.15) is 5.82 Å². The van der Waals surface area contributed by atoms with Crippen molar-refractivity contribution in [3.8, 4) is 0 Å². The predicted octanol–water partition coefficient (Wildman–Crippen LogP) is 4.09. The summed E-state index contributed by atoms with van der Waals surface area (Å²) in [6.45, 7) is 11.1. The minimum Gasteiger partial charge on any atom is -0.329 e. The molecule has 0 amide bonds. The molecule has 0 bridgehead atoms. The highest BCUT2D eigenvalue weighted by atomic mass is 35.5. The summed E-state index contributed by atoms with van der Waals surface area (Å²) in [5.74, 6) is 0.776. The number of nitrogens with zero attached hydrogens (tertiary/aromatic N) is 1. The van der Waals surface area contributed by atoms with Crippen molar-refractivity contribution < 1.29 is 4.39 Å². The van der Waals surface area contributed by atoms with Crippen molar-refractivity contribution in [3.05, 3.63) is 34.6 Å². The van der Waals surface area contributed by atoms with Gasteiger partial charge in [0.15, 0.2) is 0 Å². The Labute approximate surface area is 127 Å². The smallest absolute Gasteiger partial charge is 0.124 e. The van der Waals surface area contributed by atoms with E-state index < -0.39 is 0 Å². The van der Waals surface area contributed by atoms with E-state index in [1.165, 1.54) is 12.1 Å². The fourth-order valence-corrected chi connectivity index (χ4v) is 2.80. The summed E-state index contributed by atoms with van der Waals surface area (Å²) in [6, 6.07) is 4.60. The molecule has 0 radical (unpaired) electrons. The summed E-state index contributed by atoms with van der Waals surface area (Å²) in [5, 5.41) is 0.456. The predicted molar refractivity (Wildman–Crippen MR) is 84.5 cm³/mol. The first-order valence-corrected chi connectivity index (χ1v) is 7.62. The minimum absolute atomic E-state index is 0.0351. The van der Waals surface area contributed by atoms with E-state index in [2.05, 4.69) is 32.6 Å². The number of hydrogen-bond donors (Lipinski definition) is 1. The molecule has 0 fully saturated rings. The largest absolute Gasteiger partial charge is 0.329 e. The molecule has 0 heterocycles. The molecular weight excluding hydrogens is 275 g/mol.